The Morgan fingerprint density at radius 1 is 0.567 bits per heavy atom. The fourth-order valence-corrected chi connectivity index (χ4v) is 17.2. The number of carbonyl (C=O) groups excluding carboxylic acids is 17. The number of aliphatic hydroxyl groups is 1. The number of carbonyl (C=O) groups is 17. The van der Waals surface area contributed by atoms with Crippen LogP contribution in [0.1, 0.15) is 147 Å². The maximum absolute atomic E-state index is 15.6. The molecule has 2 aliphatic rings. The standard InChI is InChI=1S/C90H124N18O18S/c1-10-12-28-71-76(112)39-57(42-91)83(119)103-70(85(121)97-46-79(93)115)49-127-50-81(117)100-67(33-54-22-15-14-16-23-54)87(123)105(7)53(5)82(118)101-69(41-78(92)114)89(125)108-31-21-30-72(108)77(113)37-55(34-61-45-94-51-98-61)74(110)38-56(32-52(3)4)86(122)104(6)47-80(116)99-66(35-58-43-95-64-26-19-17-24-62(58)64)75(111)40-60(48-109)84(120)102-68(36-59-44-96-65-27-20-18-25-63(59)65)88(124)107(9)73(29-13-11-2)90(126)106(71)8/h14-20,22-27,43-45,51-53,55-57,60,66-73,95-96,109H,10-13,21,28-42,46-50,91H2,1-9H3,(H2,92,114)(H2,93,115)(H,94,98)(H,97,121)(H,99,116)(H,100,117)(H,101,118)(H,102,120)(H,103,119)/t53-,55+,56+,57-,60-,66-,67-,68-,69-,70-,71-,72-,73-/m0/s1. The van der Waals surface area contributed by atoms with Crippen LogP contribution >= 0.6 is 11.8 Å². The average Bonchev–Trinajstić information content (AvgIpc) is 1.73. The number of ketones is 4. The van der Waals surface area contributed by atoms with Gasteiger partial charge in [-0.15, -0.1) is 11.8 Å². The van der Waals surface area contributed by atoms with Gasteiger partial charge in [0.1, 0.15) is 42.0 Å². The molecule has 5 heterocycles. The van der Waals surface area contributed by atoms with Crippen LogP contribution in [0.15, 0.2) is 104 Å². The highest BCUT2D eigenvalue weighted by atomic mass is 32.2. The fourth-order valence-electron chi connectivity index (χ4n) is 16.3. The first kappa shape index (κ1) is 100. The summed E-state index contributed by atoms with van der Waals surface area (Å²) in [7, 11) is 5.43. The van der Waals surface area contributed by atoms with Crippen LogP contribution in [0.4, 0.5) is 0 Å². The number of unbranched alkanes of at least 4 members (excludes halogenated alkanes) is 2. The summed E-state index contributed by atoms with van der Waals surface area (Å²) < 4.78 is 0. The maximum atomic E-state index is 15.6. The quantitative estimate of drug-likeness (QED) is 0.0436. The van der Waals surface area contributed by atoms with Crippen LogP contribution in [0.2, 0.25) is 0 Å². The van der Waals surface area contributed by atoms with Crippen LogP contribution in [0.25, 0.3) is 21.8 Å². The highest BCUT2D eigenvalue weighted by Crippen LogP contribution is 2.30. The summed E-state index contributed by atoms with van der Waals surface area (Å²) in [6.07, 6.45) is 5.26. The molecule has 688 valence electrons. The second kappa shape index (κ2) is 48.6. The minimum atomic E-state index is -1.69. The number of rotatable bonds is 23. The Morgan fingerprint density at radius 3 is 1.72 bits per heavy atom. The zero-order chi connectivity index (χ0) is 92.9. The van der Waals surface area contributed by atoms with E-state index in [0.29, 0.717) is 69.9 Å². The van der Waals surface area contributed by atoms with Gasteiger partial charge in [-0.3, -0.25) is 81.5 Å². The number of hydrogen-bond acceptors (Lipinski definition) is 21. The number of Topliss-reactive ketones (excluding diaryl/α,β-unsaturated/α-hetero) is 4. The van der Waals surface area contributed by atoms with Crippen molar-refractivity contribution in [1.82, 2.24) is 76.3 Å². The van der Waals surface area contributed by atoms with Gasteiger partial charge in [-0.25, -0.2) is 4.98 Å². The van der Waals surface area contributed by atoms with Gasteiger partial charge in [-0.1, -0.05) is 120 Å². The molecule has 127 heavy (non-hydrogen) atoms. The number of hydrogen-bond donors (Lipinski definition) is 13. The van der Waals surface area contributed by atoms with Gasteiger partial charge < -0.3 is 93.7 Å². The summed E-state index contributed by atoms with van der Waals surface area (Å²) in [5, 5.41) is 28.4. The number of nitrogens with zero attached hydrogens (tertiary/aromatic N) is 6. The van der Waals surface area contributed by atoms with E-state index in [1.807, 2.05) is 45.9 Å². The predicted molar refractivity (Wildman–Crippen MR) is 474 cm³/mol. The van der Waals surface area contributed by atoms with Gasteiger partial charge in [-0.05, 0) is 80.2 Å². The molecule has 0 bridgehead atoms. The summed E-state index contributed by atoms with van der Waals surface area (Å²) in [4.78, 5) is 267. The first-order valence-corrected chi connectivity index (χ1v) is 44.5. The largest absolute Gasteiger partial charge is 0.396 e. The van der Waals surface area contributed by atoms with Crippen LogP contribution in [0.5, 0.6) is 0 Å². The number of amides is 13. The summed E-state index contributed by atoms with van der Waals surface area (Å²) in [5.74, 6) is -19.6. The molecule has 13 amide bonds. The molecule has 2 aliphatic heterocycles. The lowest BCUT2D eigenvalue weighted by molar-refractivity contribution is -0.149. The zero-order valence-electron chi connectivity index (χ0n) is 73.8. The number of thioether (sulfide) groups is 1. The molecule has 2 fully saturated rings. The molecule has 3 aromatic carbocycles. The molecule has 0 unspecified atom stereocenters. The number of aromatic nitrogens is 4. The van der Waals surface area contributed by atoms with Gasteiger partial charge in [0.05, 0.1) is 68.2 Å². The number of para-hydroxylation sites is 2. The number of benzene rings is 3. The van der Waals surface area contributed by atoms with Crippen molar-refractivity contribution in [2.24, 2.45) is 46.8 Å². The molecule has 13 atom stereocenters. The predicted octanol–water partition coefficient (Wildman–Crippen LogP) is 1.92. The Morgan fingerprint density at radius 2 is 1.13 bits per heavy atom. The lowest BCUT2D eigenvalue weighted by Crippen LogP contribution is -2.58. The van der Waals surface area contributed by atoms with E-state index in [-0.39, 0.29) is 76.0 Å². The van der Waals surface area contributed by atoms with Gasteiger partial charge >= 0.3 is 0 Å². The SMILES string of the molecule is CCCC[C@H]1C(=O)N(C)[C@@H](CCCC)C(=O)C[C@@H](CN)C(=O)N[C@H](C(=O)NCC(N)=O)CSCC(=O)N[C@@H](Cc2ccccc2)C(=O)N(C)[C@@H](C)C(=O)N[C@@H](CC(N)=O)C(=O)N2CCC[C@H]2C(=O)C[C@@H](Cc2cnc[nH]2)C(=O)C[C@@H](CC(C)C)C(=O)N(C)CC(=O)N[C@@H](Cc2c[nH]c3ccccc23)C(=O)C[C@@H](CO)C(=O)N[C@@H](Cc2c[nH]c3ccccc23)C(=O)N1C. The van der Waals surface area contributed by atoms with Gasteiger partial charge in [-0.2, -0.15) is 0 Å². The van der Waals surface area contributed by atoms with Crippen molar-refractivity contribution in [2.75, 3.05) is 72.5 Å². The van der Waals surface area contributed by atoms with Crippen LogP contribution in [0, 0.1) is 29.6 Å². The van der Waals surface area contributed by atoms with E-state index >= 15 is 24.0 Å². The Labute approximate surface area is 742 Å². The third-order valence-electron chi connectivity index (χ3n) is 23.6. The minimum absolute atomic E-state index is 0.0257. The summed E-state index contributed by atoms with van der Waals surface area (Å²) in [5.41, 5.74) is 21.0. The van der Waals surface area contributed by atoms with Gasteiger partial charge in [0, 0.05) is 150 Å². The van der Waals surface area contributed by atoms with E-state index in [1.54, 1.807) is 73.1 Å². The summed E-state index contributed by atoms with van der Waals surface area (Å²) >= 11 is 0.824. The van der Waals surface area contributed by atoms with Crippen LogP contribution in [0.3, 0.4) is 0 Å². The molecular weight excluding hydrogens is 1650 g/mol. The number of likely N-dealkylation sites (N-methyl/N-ethyl adjacent to an activating group) is 4. The molecule has 36 nitrogen and oxygen atoms in total. The Kier molecular flexibility index (Phi) is 38.5. The number of aliphatic hydroxyl groups excluding tert-OH is 1. The second-order valence-corrected chi connectivity index (χ2v) is 34.7. The molecule has 2 saturated heterocycles. The van der Waals surface area contributed by atoms with Crippen molar-refractivity contribution in [1.29, 1.82) is 0 Å². The lowest BCUT2D eigenvalue weighted by atomic mass is 9.83. The molecule has 16 N–H and O–H groups in total. The molecule has 37 heteroatoms. The number of nitrogens with one attached hydrogen (secondary N) is 9. The molecule has 0 radical (unpaired) electrons. The van der Waals surface area contributed by atoms with Gasteiger partial charge in [0.25, 0.3) is 0 Å². The summed E-state index contributed by atoms with van der Waals surface area (Å²) in [6.45, 7) is 6.00. The third kappa shape index (κ3) is 28.5. The van der Waals surface area contributed by atoms with Crippen LogP contribution in [-0.4, -0.2) is 276 Å². The molecule has 0 aliphatic carbocycles. The average molecular weight is 1780 g/mol. The number of imidazole rings is 1. The molecule has 0 saturated carbocycles. The maximum Gasteiger partial charge on any atom is 0.246 e. The lowest BCUT2D eigenvalue weighted by Gasteiger charge is -2.36. The first-order valence-electron chi connectivity index (χ1n) is 43.4. The smallest absolute Gasteiger partial charge is 0.246 e. The number of primary amides is 2. The fraction of sp³-hybridized carbons (Fsp3) is 0.533. The minimum Gasteiger partial charge on any atom is -0.396 e. The Bertz CT molecular complexity index is 4860. The highest BCUT2D eigenvalue weighted by Gasteiger charge is 2.44. The van der Waals surface area contributed by atoms with Crippen molar-refractivity contribution < 1.29 is 86.6 Å². The van der Waals surface area contributed by atoms with E-state index in [0.717, 1.165) is 21.6 Å². The molecular formula is C90H124N18O18S. The van der Waals surface area contributed by atoms with Crippen molar-refractivity contribution in [3.05, 3.63) is 126 Å². The monoisotopic (exact) mass is 1780 g/mol. The van der Waals surface area contributed by atoms with Crippen molar-refractivity contribution in [3.63, 3.8) is 0 Å². The van der Waals surface area contributed by atoms with Crippen LogP contribution in [-0.2, 0) is 107 Å². The number of aromatic amines is 3. The topological polar surface area (TPSA) is 537 Å². The van der Waals surface area contributed by atoms with Crippen molar-refractivity contribution >= 4 is 133 Å². The Balaban J connectivity index is 1.16. The second-order valence-electron chi connectivity index (χ2n) is 33.6. The first-order chi connectivity index (χ1) is 60.6. The van der Waals surface area contributed by atoms with E-state index in [2.05, 4.69) is 51.8 Å². The van der Waals surface area contributed by atoms with E-state index in [4.69, 9.17) is 17.2 Å². The Hall–Kier alpha value is -12.0. The van der Waals surface area contributed by atoms with E-state index in [9.17, 15) is 62.6 Å². The van der Waals surface area contributed by atoms with E-state index in [1.165, 1.54) is 62.3 Å². The third-order valence-corrected chi connectivity index (χ3v) is 24.6. The number of nitrogens with two attached hydrogens (primary N) is 3. The number of fused-ring (bicyclic) bond motifs is 3. The molecule has 8 rings (SSSR count). The highest BCUT2D eigenvalue weighted by molar-refractivity contribution is 8.00. The number of H-pyrrole nitrogens is 3. The van der Waals surface area contributed by atoms with Crippen molar-refractivity contribution in [2.45, 2.75) is 205 Å². The van der Waals surface area contributed by atoms with Gasteiger partial charge in [0.2, 0.25) is 76.8 Å². The molecule has 3 aromatic heterocycles. The normalized spacial score (nSPS) is 24.3. The zero-order valence-corrected chi connectivity index (χ0v) is 74.6. The summed E-state index contributed by atoms with van der Waals surface area (Å²) in [6, 6.07) is 10.3. The van der Waals surface area contributed by atoms with E-state index < -0.39 is 242 Å². The van der Waals surface area contributed by atoms with Crippen LogP contribution < -0.4 is 49.1 Å². The van der Waals surface area contributed by atoms with Crippen molar-refractivity contribution in [3.8, 4) is 0 Å². The van der Waals surface area contributed by atoms with Gasteiger partial charge in [0.15, 0.2) is 17.3 Å². The molecule has 0 spiro atoms. The molecule has 6 aromatic rings.